The summed E-state index contributed by atoms with van der Waals surface area (Å²) in [7, 11) is 5.30. The van der Waals surface area contributed by atoms with Gasteiger partial charge in [0.05, 0.1) is 24.9 Å². The number of fused-ring (bicyclic) bond motifs is 4. The fraction of sp³-hybridized carbons (Fsp3) is 0.423. The van der Waals surface area contributed by atoms with Gasteiger partial charge in [0.15, 0.2) is 5.82 Å². The smallest absolute Gasteiger partial charge is 0.254 e. The van der Waals surface area contributed by atoms with Crippen molar-refractivity contribution in [1.29, 1.82) is 0 Å². The fourth-order valence-electron chi connectivity index (χ4n) is 5.93. The van der Waals surface area contributed by atoms with Crippen molar-refractivity contribution in [2.75, 3.05) is 27.4 Å². The van der Waals surface area contributed by atoms with Crippen molar-refractivity contribution in [3.05, 3.63) is 42.1 Å². The Kier molecular flexibility index (Phi) is 5.26. The number of piperidine rings is 1. The van der Waals surface area contributed by atoms with Crippen LogP contribution in [0.2, 0.25) is 0 Å². The molecular formula is C26H30N6O3. The van der Waals surface area contributed by atoms with E-state index in [4.69, 9.17) is 20.2 Å². The number of likely N-dealkylation sites (tertiary alicyclic amines) is 1. The number of methoxy groups -OCH3 is 2. The van der Waals surface area contributed by atoms with Crippen LogP contribution >= 0.6 is 0 Å². The van der Waals surface area contributed by atoms with Gasteiger partial charge in [-0.05, 0) is 49.1 Å². The van der Waals surface area contributed by atoms with E-state index in [0.29, 0.717) is 35.9 Å². The van der Waals surface area contributed by atoms with Crippen LogP contribution in [0, 0.1) is 5.92 Å². The molecule has 0 spiro atoms. The molecule has 9 nitrogen and oxygen atoms in total. The van der Waals surface area contributed by atoms with Crippen LogP contribution in [0.25, 0.3) is 33.6 Å². The quantitative estimate of drug-likeness (QED) is 0.461. The highest BCUT2D eigenvalue weighted by Gasteiger charge is 2.47. The van der Waals surface area contributed by atoms with E-state index in [0.717, 1.165) is 47.5 Å². The number of nitrogens with zero attached hydrogens (tertiary/aromatic N) is 5. The number of amides is 1. The molecule has 2 aliphatic rings. The molecule has 6 rings (SSSR count). The van der Waals surface area contributed by atoms with Gasteiger partial charge in [-0.3, -0.25) is 4.79 Å². The average Bonchev–Trinajstić information content (AvgIpc) is 3.61. The molecular weight excluding hydrogens is 444 g/mol. The zero-order valence-electron chi connectivity index (χ0n) is 20.3. The number of rotatable bonds is 6. The minimum atomic E-state index is -0.00496. The van der Waals surface area contributed by atoms with Crippen molar-refractivity contribution in [3.63, 3.8) is 0 Å². The van der Waals surface area contributed by atoms with E-state index in [9.17, 15) is 4.79 Å². The van der Waals surface area contributed by atoms with Crippen molar-refractivity contribution < 1.29 is 14.3 Å². The maximum Gasteiger partial charge on any atom is 0.254 e. The van der Waals surface area contributed by atoms with Crippen molar-refractivity contribution in [1.82, 2.24) is 24.0 Å². The summed E-state index contributed by atoms with van der Waals surface area (Å²) in [6, 6.07) is 9.97. The average molecular weight is 475 g/mol. The van der Waals surface area contributed by atoms with E-state index in [1.807, 2.05) is 40.8 Å². The molecule has 2 bridgehead atoms. The van der Waals surface area contributed by atoms with E-state index in [1.165, 1.54) is 0 Å². The zero-order valence-corrected chi connectivity index (χ0v) is 20.3. The lowest BCUT2D eigenvalue weighted by Crippen LogP contribution is -2.41. The van der Waals surface area contributed by atoms with Crippen LogP contribution in [0.1, 0.15) is 23.2 Å². The van der Waals surface area contributed by atoms with Crippen molar-refractivity contribution in [2.45, 2.75) is 31.5 Å². The molecule has 1 amide bonds. The molecule has 35 heavy (non-hydrogen) atoms. The van der Waals surface area contributed by atoms with Gasteiger partial charge in [0, 0.05) is 56.5 Å². The Morgan fingerprint density at radius 1 is 1.23 bits per heavy atom. The van der Waals surface area contributed by atoms with Gasteiger partial charge in [0.2, 0.25) is 0 Å². The maximum absolute atomic E-state index is 13.5. The first-order chi connectivity index (χ1) is 17.0. The summed E-state index contributed by atoms with van der Waals surface area (Å²) in [5, 5.41) is 1.04. The number of imidazole rings is 1. The third-order valence-corrected chi connectivity index (χ3v) is 7.72. The number of ether oxygens (including phenoxy) is 2. The van der Waals surface area contributed by atoms with E-state index in [1.54, 1.807) is 20.4 Å². The maximum atomic E-state index is 13.5. The van der Waals surface area contributed by atoms with Crippen LogP contribution in [0.15, 0.2) is 36.5 Å². The Morgan fingerprint density at radius 2 is 2.09 bits per heavy atom. The summed E-state index contributed by atoms with van der Waals surface area (Å²) in [5.74, 6) is 1.79. The molecule has 0 unspecified atom stereocenters. The first-order valence-electron chi connectivity index (χ1n) is 12.1. The predicted molar refractivity (Wildman–Crippen MR) is 133 cm³/mol. The highest BCUT2D eigenvalue weighted by molar-refractivity contribution is 6.00. The molecule has 1 saturated heterocycles. The first-order valence-corrected chi connectivity index (χ1v) is 12.1. The number of benzene rings is 1. The lowest BCUT2D eigenvalue weighted by molar-refractivity contribution is 0.0700. The number of hydrogen-bond acceptors (Lipinski definition) is 6. The van der Waals surface area contributed by atoms with Gasteiger partial charge in [-0.25, -0.2) is 9.97 Å². The second kappa shape index (κ2) is 8.35. The third-order valence-electron chi connectivity index (χ3n) is 7.72. The standard InChI is InChI=1S/C26H30N6O3/c1-30-20(12-15-5-4-8-28-24(15)30)25-29-18-11-17(13-21(35-3)23(18)31(25)9-10-34-2)26(33)32-14-16-6-7-19(32)22(16)27/h4-5,8,11-13,16,19,22H,6-7,9-10,14,27H2,1-3H3/t16-,19-,22-/m1/s1. The van der Waals surface area contributed by atoms with E-state index < -0.39 is 0 Å². The predicted octanol–water partition coefficient (Wildman–Crippen LogP) is 2.81. The van der Waals surface area contributed by atoms with Crippen LogP contribution in [-0.4, -0.2) is 69.4 Å². The lowest BCUT2D eigenvalue weighted by atomic mass is 10.1. The van der Waals surface area contributed by atoms with Crippen molar-refractivity contribution in [2.24, 2.45) is 18.7 Å². The highest BCUT2D eigenvalue weighted by Crippen LogP contribution is 2.39. The van der Waals surface area contributed by atoms with Crippen LogP contribution < -0.4 is 10.5 Å². The molecule has 2 N–H and O–H groups in total. The topological polar surface area (TPSA) is 100 Å². The Hall–Kier alpha value is -3.43. The summed E-state index contributed by atoms with van der Waals surface area (Å²) in [6.07, 6.45) is 3.87. The Labute approximate surface area is 203 Å². The van der Waals surface area contributed by atoms with Crippen LogP contribution in [0.4, 0.5) is 0 Å². The molecule has 3 aromatic heterocycles. The molecule has 0 radical (unpaired) electrons. The summed E-state index contributed by atoms with van der Waals surface area (Å²) >= 11 is 0. The Balaban J connectivity index is 1.50. The molecule has 9 heteroatoms. The Bertz CT molecular complexity index is 1440. The van der Waals surface area contributed by atoms with Crippen molar-refractivity contribution >= 4 is 28.0 Å². The Morgan fingerprint density at radius 3 is 2.77 bits per heavy atom. The highest BCUT2D eigenvalue weighted by atomic mass is 16.5. The van der Waals surface area contributed by atoms with Gasteiger partial charge in [0.25, 0.3) is 5.91 Å². The second-order valence-electron chi connectivity index (χ2n) is 9.57. The minimum absolute atomic E-state index is 0.00496. The van der Waals surface area contributed by atoms with E-state index in [2.05, 4.69) is 15.6 Å². The van der Waals surface area contributed by atoms with Gasteiger partial charge >= 0.3 is 0 Å². The van der Waals surface area contributed by atoms with E-state index >= 15 is 0 Å². The molecule has 182 valence electrons. The zero-order chi connectivity index (χ0) is 24.3. The molecule has 1 aromatic carbocycles. The number of carbonyl (C=O) groups is 1. The summed E-state index contributed by atoms with van der Waals surface area (Å²) in [6.45, 7) is 1.83. The summed E-state index contributed by atoms with van der Waals surface area (Å²) < 4.78 is 15.4. The first kappa shape index (κ1) is 22.1. The number of carbonyl (C=O) groups excluding carboxylic acids is 1. The molecule has 2 fully saturated rings. The monoisotopic (exact) mass is 474 g/mol. The number of pyridine rings is 1. The largest absolute Gasteiger partial charge is 0.494 e. The number of aryl methyl sites for hydroxylation is 1. The molecule has 4 aromatic rings. The number of hydrogen-bond donors (Lipinski definition) is 1. The summed E-state index contributed by atoms with van der Waals surface area (Å²) in [4.78, 5) is 25.0. The lowest BCUT2D eigenvalue weighted by Gasteiger charge is -2.27. The molecule has 1 aliphatic carbocycles. The number of nitrogens with two attached hydrogens (primary N) is 1. The van der Waals surface area contributed by atoms with Gasteiger partial charge in [0.1, 0.15) is 16.9 Å². The minimum Gasteiger partial charge on any atom is -0.494 e. The van der Waals surface area contributed by atoms with Crippen molar-refractivity contribution in [3.8, 4) is 17.3 Å². The SMILES string of the molecule is COCCn1c(-c2cc3cccnc3n2C)nc2cc(C(=O)N3C[C@H]4CC[C@@H]3[C@@H]4N)cc(OC)c21. The van der Waals surface area contributed by atoms with Gasteiger partial charge < -0.3 is 29.2 Å². The van der Waals surface area contributed by atoms with Crippen LogP contribution in [0.3, 0.4) is 0 Å². The molecule has 3 atom stereocenters. The molecule has 1 aliphatic heterocycles. The summed E-state index contributed by atoms with van der Waals surface area (Å²) in [5.41, 5.74) is 10.3. The van der Waals surface area contributed by atoms with Gasteiger partial charge in [-0.1, -0.05) is 0 Å². The van der Waals surface area contributed by atoms with E-state index in [-0.39, 0.29) is 18.0 Å². The van der Waals surface area contributed by atoms with Crippen LogP contribution in [0.5, 0.6) is 5.75 Å². The number of aromatic nitrogens is 4. The second-order valence-corrected chi connectivity index (χ2v) is 9.57. The van der Waals surface area contributed by atoms with Gasteiger partial charge in [-0.15, -0.1) is 0 Å². The normalized spacial score (nSPS) is 21.5. The van der Waals surface area contributed by atoms with Gasteiger partial charge in [-0.2, -0.15) is 0 Å². The third kappa shape index (κ3) is 3.33. The van der Waals surface area contributed by atoms with Crippen LogP contribution in [-0.2, 0) is 18.3 Å². The fourth-order valence-corrected chi connectivity index (χ4v) is 5.93. The molecule has 4 heterocycles. The molecule has 1 saturated carbocycles.